The van der Waals surface area contributed by atoms with Gasteiger partial charge in [0.15, 0.2) is 0 Å². The number of benzene rings is 1. The first kappa shape index (κ1) is 15.8. The number of carbonyl (C=O) groups excluding carboxylic acids is 1. The monoisotopic (exact) mass is 294 g/mol. The van der Waals surface area contributed by atoms with Crippen molar-refractivity contribution in [1.82, 2.24) is 4.90 Å². The van der Waals surface area contributed by atoms with E-state index in [0.29, 0.717) is 18.9 Å². The summed E-state index contributed by atoms with van der Waals surface area (Å²) in [7, 11) is 1.79. The molecule has 0 spiro atoms. The molecule has 0 aromatic heterocycles. The van der Waals surface area contributed by atoms with Gasteiger partial charge in [-0.05, 0) is 43.5 Å². The Morgan fingerprint density at radius 2 is 2.10 bits per heavy atom. The first-order chi connectivity index (χ1) is 10.1. The third-order valence-corrected chi connectivity index (χ3v) is 3.95. The number of ether oxygens (including phenoxy) is 1. The maximum Gasteiger partial charge on any atom is 0.225 e. The summed E-state index contributed by atoms with van der Waals surface area (Å²) in [4.78, 5) is 14.0. The molecule has 0 saturated heterocycles. The van der Waals surface area contributed by atoms with Gasteiger partial charge in [0.2, 0.25) is 5.91 Å². The number of likely N-dealkylation sites (N-methyl/N-ethyl adjacent to an activating group) is 1. The Balaban J connectivity index is 1.74. The highest BCUT2D eigenvalue weighted by atomic mass is 19.1. The van der Waals surface area contributed by atoms with Gasteiger partial charge in [-0.2, -0.15) is 0 Å². The van der Waals surface area contributed by atoms with Crippen molar-refractivity contribution in [2.75, 3.05) is 20.2 Å². The van der Waals surface area contributed by atoms with Crippen LogP contribution in [0.1, 0.15) is 25.7 Å². The minimum Gasteiger partial charge on any atom is -0.492 e. The van der Waals surface area contributed by atoms with Gasteiger partial charge in [-0.1, -0.05) is 6.42 Å². The van der Waals surface area contributed by atoms with Crippen molar-refractivity contribution >= 4 is 5.91 Å². The normalized spacial score (nSPS) is 21.9. The van der Waals surface area contributed by atoms with Crippen molar-refractivity contribution in [3.8, 4) is 5.75 Å². The largest absolute Gasteiger partial charge is 0.492 e. The zero-order valence-corrected chi connectivity index (χ0v) is 12.4. The molecule has 0 unspecified atom stereocenters. The van der Waals surface area contributed by atoms with Crippen molar-refractivity contribution < 1.29 is 13.9 Å². The van der Waals surface area contributed by atoms with Gasteiger partial charge in [0.1, 0.15) is 18.2 Å². The Labute approximate surface area is 125 Å². The van der Waals surface area contributed by atoms with E-state index in [1.807, 2.05) is 0 Å². The molecule has 1 saturated carbocycles. The molecule has 2 atom stereocenters. The van der Waals surface area contributed by atoms with Crippen LogP contribution < -0.4 is 10.5 Å². The van der Waals surface area contributed by atoms with Crippen LogP contribution in [-0.4, -0.2) is 37.0 Å². The molecule has 1 aliphatic carbocycles. The van der Waals surface area contributed by atoms with Crippen LogP contribution in [-0.2, 0) is 4.79 Å². The van der Waals surface area contributed by atoms with Gasteiger partial charge in [0.05, 0.1) is 6.54 Å². The third-order valence-electron chi connectivity index (χ3n) is 3.95. The number of hydrogen-bond acceptors (Lipinski definition) is 3. The molecule has 0 aliphatic heterocycles. The topological polar surface area (TPSA) is 55.6 Å². The first-order valence-electron chi connectivity index (χ1n) is 7.45. The van der Waals surface area contributed by atoms with E-state index in [4.69, 9.17) is 10.5 Å². The Bertz CT molecular complexity index is 464. The molecule has 1 fully saturated rings. The molecular weight excluding hydrogens is 271 g/mol. The molecule has 2 N–H and O–H groups in total. The van der Waals surface area contributed by atoms with E-state index in [-0.39, 0.29) is 23.7 Å². The maximum absolute atomic E-state index is 12.8. The number of rotatable bonds is 5. The molecule has 5 heteroatoms. The van der Waals surface area contributed by atoms with Gasteiger partial charge in [0, 0.05) is 19.0 Å². The highest BCUT2D eigenvalue weighted by molar-refractivity contribution is 5.78. The SMILES string of the molecule is CN(CCOc1ccc(F)cc1)C(=O)[C@H]1CCC[C@H](N)C1. The summed E-state index contributed by atoms with van der Waals surface area (Å²) < 4.78 is 18.3. The zero-order valence-electron chi connectivity index (χ0n) is 12.4. The lowest BCUT2D eigenvalue weighted by atomic mass is 9.85. The van der Waals surface area contributed by atoms with Crippen LogP contribution in [0.2, 0.25) is 0 Å². The summed E-state index contributed by atoms with van der Waals surface area (Å²) in [6.45, 7) is 0.911. The molecule has 4 nitrogen and oxygen atoms in total. The Morgan fingerprint density at radius 1 is 1.38 bits per heavy atom. The summed E-state index contributed by atoms with van der Waals surface area (Å²) >= 11 is 0. The lowest BCUT2D eigenvalue weighted by Gasteiger charge is -2.29. The fourth-order valence-electron chi connectivity index (χ4n) is 2.70. The lowest BCUT2D eigenvalue weighted by molar-refractivity contribution is -0.135. The predicted molar refractivity (Wildman–Crippen MR) is 79.5 cm³/mol. The van der Waals surface area contributed by atoms with Gasteiger partial charge in [-0.3, -0.25) is 4.79 Å². The van der Waals surface area contributed by atoms with E-state index in [0.717, 1.165) is 25.7 Å². The molecule has 21 heavy (non-hydrogen) atoms. The van der Waals surface area contributed by atoms with Crippen LogP contribution >= 0.6 is 0 Å². The standard InChI is InChI=1S/C16H23FN2O2/c1-19(16(20)12-3-2-4-14(18)11-12)9-10-21-15-7-5-13(17)6-8-15/h5-8,12,14H,2-4,9-11,18H2,1H3/t12-,14-/m0/s1. The number of hydrogen-bond donors (Lipinski definition) is 1. The lowest BCUT2D eigenvalue weighted by Crippen LogP contribution is -2.40. The number of nitrogens with zero attached hydrogens (tertiary/aromatic N) is 1. The predicted octanol–water partition coefficient (Wildman–Crippen LogP) is 2.18. The van der Waals surface area contributed by atoms with E-state index in [1.165, 1.54) is 12.1 Å². The smallest absolute Gasteiger partial charge is 0.225 e. The average molecular weight is 294 g/mol. The Morgan fingerprint density at radius 3 is 2.76 bits per heavy atom. The Hall–Kier alpha value is -1.62. The molecule has 1 aromatic carbocycles. The van der Waals surface area contributed by atoms with Crippen LogP contribution in [0, 0.1) is 11.7 Å². The summed E-state index contributed by atoms with van der Waals surface area (Å²) in [5, 5.41) is 0. The maximum atomic E-state index is 12.8. The van der Waals surface area contributed by atoms with Crippen molar-refractivity contribution in [3.05, 3.63) is 30.1 Å². The minimum absolute atomic E-state index is 0.0459. The number of halogens is 1. The molecule has 1 aliphatic rings. The summed E-state index contributed by atoms with van der Waals surface area (Å²) in [5.74, 6) is 0.512. The van der Waals surface area contributed by atoms with Crippen LogP contribution in [0.4, 0.5) is 4.39 Å². The second-order valence-electron chi connectivity index (χ2n) is 5.69. The van der Waals surface area contributed by atoms with Gasteiger partial charge < -0.3 is 15.4 Å². The van der Waals surface area contributed by atoms with Crippen LogP contribution in [0.3, 0.4) is 0 Å². The van der Waals surface area contributed by atoms with Crippen molar-refractivity contribution in [3.63, 3.8) is 0 Å². The quantitative estimate of drug-likeness (QED) is 0.905. The zero-order chi connectivity index (χ0) is 15.2. The molecule has 0 bridgehead atoms. The number of nitrogens with two attached hydrogens (primary N) is 1. The van der Waals surface area contributed by atoms with Crippen LogP contribution in [0.25, 0.3) is 0 Å². The highest BCUT2D eigenvalue weighted by Gasteiger charge is 2.27. The van der Waals surface area contributed by atoms with Crippen LogP contribution in [0.5, 0.6) is 5.75 Å². The van der Waals surface area contributed by atoms with Crippen molar-refractivity contribution in [2.45, 2.75) is 31.7 Å². The van der Waals surface area contributed by atoms with E-state index >= 15 is 0 Å². The first-order valence-corrected chi connectivity index (χ1v) is 7.45. The summed E-state index contributed by atoms with van der Waals surface area (Å²) in [6, 6.07) is 6.02. The van der Waals surface area contributed by atoms with E-state index in [1.54, 1.807) is 24.1 Å². The van der Waals surface area contributed by atoms with Gasteiger partial charge >= 0.3 is 0 Å². The van der Waals surface area contributed by atoms with Gasteiger partial charge in [-0.25, -0.2) is 4.39 Å². The highest BCUT2D eigenvalue weighted by Crippen LogP contribution is 2.24. The van der Waals surface area contributed by atoms with E-state index < -0.39 is 0 Å². The molecule has 1 amide bonds. The molecule has 0 heterocycles. The molecule has 116 valence electrons. The second-order valence-corrected chi connectivity index (χ2v) is 5.69. The Kier molecular flexibility index (Phi) is 5.56. The third kappa shape index (κ3) is 4.70. The molecule has 0 radical (unpaired) electrons. The van der Waals surface area contributed by atoms with Crippen molar-refractivity contribution in [1.29, 1.82) is 0 Å². The molecule has 2 rings (SSSR count). The summed E-state index contributed by atoms with van der Waals surface area (Å²) in [5.41, 5.74) is 5.93. The van der Waals surface area contributed by atoms with Crippen LogP contribution in [0.15, 0.2) is 24.3 Å². The second kappa shape index (κ2) is 7.41. The number of carbonyl (C=O) groups is 1. The van der Waals surface area contributed by atoms with E-state index in [9.17, 15) is 9.18 Å². The number of amides is 1. The average Bonchev–Trinajstić information content (AvgIpc) is 2.48. The fourth-order valence-corrected chi connectivity index (χ4v) is 2.70. The van der Waals surface area contributed by atoms with Gasteiger partial charge in [-0.15, -0.1) is 0 Å². The van der Waals surface area contributed by atoms with Crippen molar-refractivity contribution in [2.24, 2.45) is 11.7 Å². The molecular formula is C16H23FN2O2. The minimum atomic E-state index is -0.289. The molecule has 1 aromatic rings. The van der Waals surface area contributed by atoms with E-state index in [2.05, 4.69) is 0 Å². The van der Waals surface area contributed by atoms with Gasteiger partial charge in [0.25, 0.3) is 0 Å². The summed E-state index contributed by atoms with van der Waals surface area (Å²) in [6.07, 6.45) is 3.75. The fraction of sp³-hybridized carbons (Fsp3) is 0.562.